The van der Waals surface area contributed by atoms with E-state index in [1.165, 1.54) is 158 Å². The molecule has 5 aliphatic heterocycles. The summed E-state index contributed by atoms with van der Waals surface area (Å²) in [6, 6.07) is 23.7. The highest BCUT2D eigenvalue weighted by Gasteiger charge is 2.45. The predicted octanol–water partition coefficient (Wildman–Crippen LogP) is 14.0. The zero-order valence-corrected chi connectivity index (χ0v) is 85.6. The molecule has 0 spiro atoms. The molecule has 12 aromatic rings. The highest BCUT2D eigenvalue weighted by atomic mass is 32.2. The third kappa shape index (κ3) is 23.7. The fourth-order valence-corrected chi connectivity index (χ4v) is 21.3. The van der Waals surface area contributed by atoms with Crippen LogP contribution in [0.25, 0.3) is 22.1 Å². The number of hydrogen-bond acceptors (Lipinski definition) is 25. The first-order valence-electron chi connectivity index (χ1n) is 48.5. The van der Waals surface area contributed by atoms with Crippen LogP contribution in [-0.2, 0) is 45.4 Å². The first kappa shape index (κ1) is 107. The minimum Gasteiger partial charge on any atom is -0.493 e. The number of anilines is 4. The second-order valence-electron chi connectivity index (χ2n) is 38.6. The molecule has 4 N–H and O–H groups in total. The average Bonchev–Trinajstić information content (AvgIpc) is 1.63. The maximum atomic E-state index is 16.1. The monoisotopic (exact) mass is 2160 g/mol. The Bertz CT molecular complexity index is 7560. The minimum atomic E-state index is -4.16. The number of fused-ring (bicyclic) bond motifs is 4. The molecule has 1 unspecified atom stereocenters. The van der Waals surface area contributed by atoms with Gasteiger partial charge in [-0.3, -0.25) is 19.2 Å². The van der Waals surface area contributed by atoms with Crippen LogP contribution in [0.4, 0.5) is 66.7 Å². The molecule has 36 nitrogen and oxygen atoms in total. The number of pyridine rings is 4. The molecule has 13 heterocycles. The van der Waals surface area contributed by atoms with Crippen molar-refractivity contribution in [2.45, 2.75) is 184 Å². The summed E-state index contributed by atoms with van der Waals surface area (Å²) >= 11 is 0. The van der Waals surface area contributed by atoms with E-state index < -0.39 is 153 Å². The van der Waals surface area contributed by atoms with Crippen molar-refractivity contribution in [2.24, 2.45) is 5.92 Å². The Balaban J connectivity index is 0.000000135. The van der Waals surface area contributed by atoms with Crippen LogP contribution >= 0.6 is 0 Å². The van der Waals surface area contributed by atoms with Gasteiger partial charge >= 0.3 is 30.6 Å². The van der Waals surface area contributed by atoms with Crippen LogP contribution in [0, 0.1) is 40.8 Å². The molecule has 8 aromatic heterocycles. The van der Waals surface area contributed by atoms with Crippen molar-refractivity contribution in [3.63, 3.8) is 0 Å². The number of hydrogen-bond donors (Lipinski definition) is 4. The number of nitrogens with one attached hydrogen (secondary N) is 4. The highest BCUT2D eigenvalue weighted by molar-refractivity contribution is 7.91. The van der Waals surface area contributed by atoms with E-state index in [4.69, 9.17) is 23.7 Å². The second-order valence-corrected chi connectivity index (χ2v) is 46.4. The molecule has 798 valence electrons. The Hall–Kier alpha value is -13.1. The van der Waals surface area contributed by atoms with Crippen molar-refractivity contribution in [1.29, 1.82) is 0 Å². The van der Waals surface area contributed by atoms with Crippen LogP contribution in [-0.4, -0.2) is 243 Å². The third-order valence-electron chi connectivity index (χ3n) is 27.1. The fourth-order valence-electron chi connectivity index (χ4n) is 18.1. The molecule has 0 radical (unpaired) electrons. The van der Waals surface area contributed by atoms with E-state index in [0.717, 1.165) is 72.9 Å². The van der Waals surface area contributed by atoms with Crippen molar-refractivity contribution in [3.05, 3.63) is 238 Å². The molecule has 8 fully saturated rings. The summed E-state index contributed by atoms with van der Waals surface area (Å²) < 4.78 is 291. The second kappa shape index (κ2) is 43.4. The lowest BCUT2D eigenvalue weighted by Gasteiger charge is -2.29. The molecular formula is C99H111F10N19O17S4. The number of alkyl halides is 4. The van der Waals surface area contributed by atoms with Crippen molar-refractivity contribution in [2.75, 3.05) is 106 Å². The summed E-state index contributed by atoms with van der Waals surface area (Å²) in [4.78, 5) is 57.9. The standard InChI is InChI=1S/C25H28F3N5O5S.C25H28F3N5O4S.C25H28F2N4O4S.C24H27F2N5O4S/c1-3-31(2)39(35,36)30-25(34)19-12-29-33-8-6-20(23(28)24(19)33)32-13-16(27)11-21(32)18-10-15(26)4-5-22(18)38-17-7-9-37-14-17;1-3-31(2)38(35,36)30-25(34)19-12-29-33-9-8-20(23(28)24(19)33)32-13-17(27)11-21(32)18-10-16(26)6-7-22(18)37-14-15-4-5-15;1-25(2,3)36(33,34)29-24(32)20-13-28-31-9-8-17(12-22(20)31)30-14-16(27)11-21(30)19-10-15(26)4-7-23(19)35-18-5-6-18;1-3-29(2)36(33,34)28-24(32)20-13-27-31-9-8-17(12-22(20)31)30-14-16(26)11-21(30)19-10-15(25)4-7-23(19)35-18-5-6-18/h4-6,8,10,12,16-17,21H,3,7,9,11,13-14H2,1-2H3,(H,30,34);6-10,12,15,17,21H,3-5,11,13-14H2,1-2H3,(H,30,34);4,7-10,12-13,16,18,21H,5-6,11,14H2,1-3H3,(H,29,32);4,7-10,12-13,16,18,21H,3,5-6,11,14H2,1-2H3,(H,28,32)/t16-,17?,21+;17-,21+;2*16-,21+/m0000/s1. The summed E-state index contributed by atoms with van der Waals surface area (Å²) in [5.74, 6) is -5.18. The summed E-state index contributed by atoms with van der Waals surface area (Å²) in [7, 11) is -12.3. The molecule has 5 saturated heterocycles. The molecule has 0 bridgehead atoms. The largest absolute Gasteiger partial charge is 0.493 e. The minimum absolute atomic E-state index is 0.0118. The van der Waals surface area contributed by atoms with Crippen molar-refractivity contribution >= 4 is 109 Å². The summed E-state index contributed by atoms with van der Waals surface area (Å²) in [6.07, 6.45) is 12.5. The number of carbonyl (C=O) groups excluding carboxylic acids is 4. The maximum Gasteiger partial charge on any atom is 0.303 e. The van der Waals surface area contributed by atoms with Gasteiger partial charge in [-0.05, 0) is 174 Å². The van der Waals surface area contributed by atoms with Gasteiger partial charge in [0.1, 0.15) is 88.1 Å². The van der Waals surface area contributed by atoms with Crippen molar-refractivity contribution in [3.8, 4) is 23.0 Å². The van der Waals surface area contributed by atoms with Gasteiger partial charge in [0.25, 0.3) is 23.6 Å². The molecule has 149 heavy (non-hydrogen) atoms. The van der Waals surface area contributed by atoms with Gasteiger partial charge in [-0.2, -0.15) is 58.6 Å². The Morgan fingerprint density at radius 2 is 0.725 bits per heavy atom. The smallest absolute Gasteiger partial charge is 0.303 e. The van der Waals surface area contributed by atoms with Gasteiger partial charge in [0.15, 0.2) is 11.6 Å². The van der Waals surface area contributed by atoms with Crippen LogP contribution < -0.4 is 57.4 Å². The zero-order valence-electron chi connectivity index (χ0n) is 82.3. The first-order chi connectivity index (χ1) is 70.8. The topological polar surface area (TPSA) is 391 Å². The normalized spacial score (nSPS) is 20.6. The van der Waals surface area contributed by atoms with Crippen LogP contribution in [0.3, 0.4) is 0 Å². The Morgan fingerprint density at radius 1 is 0.403 bits per heavy atom. The van der Waals surface area contributed by atoms with E-state index in [2.05, 4.69) is 25.1 Å². The van der Waals surface area contributed by atoms with Crippen molar-refractivity contribution in [1.82, 2.24) is 70.3 Å². The quantitative estimate of drug-likeness (QED) is 0.0293. The molecule has 3 aliphatic carbocycles. The van der Waals surface area contributed by atoms with Gasteiger partial charge in [0.2, 0.25) is 10.0 Å². The van der Waals surface area contributed by atoms with Crippen LogP contribution in [0.5, 0.6) is 23.0 Å². The SMILES string of the molecule is CC(C)(C)S(=O)(=O)NC(=O)c1cnn2ccc(N3C[C@@H](F)C[C@@H]3c3cc(F)ccc3OC3CC3)cc12.CCN(C)S(=O)(=O)NC(=O)c1cnn2ccc(N3C[C@@H](F)C[C@@H]3c3cc(F)ccc3OC3CC3)cc12.CCN(C)S(=O)(=O)NC(=O)c1cnn2ccc(N3C[C@@H](F)C[C@@H]3c3cc(F)ccc3OC3CCOC3)c(F)c12.CCN(C)S(=O)(=O)NC(=O)c1cnn2ccc(N3C[C@@H](F)C[C@@H]3c3cc(F)ccc3OCC3CC3)c(F)c12. The average molecular weight is 2160 g/mol. The third-order valence-corrected chi connectivity index (χ3v) is 33.7. The van der Waals surface area contributed by atoms with Crippen LogP contribution in [0.2, 0.25) is 0 Å². The van der Waals surface area contributed by atoms with Crippen molar-refractivity contribution < 1.29 is 120 Å². The molecule has 4 amide bonds. The molecule has 50 heteroatoms. The number of nitrogens with zero attached hydrogens (tertiary/aromatic N) is 15. The van der Waals surface area contributed by atoms with E-state index >= 15 is 8.78 Å². The molecule has 4 aromatic carbocycles. The zero-order chi connectivity index (χ0) is 107. The lowest BCUT2D eigenvalue weighted by atomic mass is 10.0. The van der Waals surface area contributed by atoms with Gasteiger partial charge in [0, 0.05) is 157 Å². The fraction of sp³-hybridized carbons (Fsp3) is 0.434. The number of rotatable bonds is 31. The van der Waals surface area contributed by atoms with E-state index in [-0.39, 0.29) is 134 Å². The van der Waals surface area contributed by atoms with Gasteiger partial charge < -0.3 is 43.3 Å². The Morgan fingerprint density at radius 3 is 1.07 bits per heavy atom. The highest BCUT2D eigenvalue weighted by Crippen LogP contribution is 2.50. The van der Waals surface area contributed by atoms with E-state index in [0.29, 0.717) is 99.8 Å². The number of carbonyl (C=O) groups is 4. The number of ether oxygens (including phenoxy) is 5. The molecule has 20 rings (SSSR count). The van der Waals surface area contributed by atoms with Crippen LogP contribution in [0.1, 0.15) is 200 Å². The molecule has 3 saturated carbocycles. The Kier molecular flexibility index (Phi) is 31.2. The number of aromatic nitrogens is 8. The summed E-state index contributed by atoms with van der Waals surface area (Å²) in [6.45, 7) is 10.9. The number of benzene rings is 4. The van der Waals surface area contributed by atoms with Crippen LogP contribution in [0.15, 0.2) is 159 Å². The van der Waals surface area contributed by atoms with Gasteiger partial charge in [0.05, 0.1) is 130 Å². The first-order valence-corrected chi connectivity index (χ1v) is 54.3. The van der Waals surface area contributed by atoms with Gasteiger partial charge in [-0.1, -0.05) is 20.8 Å². The lowest BCUT2D eigenvalue weighted by Crippen LogP contribution is -2.42. The van der Waals surface area contributed by atoms with E-state index in [1.54, 1.807) is 69.6 Å². The molecule has 8 aliphatic rings. The van der Waals surface area contributed by atoms with E-state index in [1.807, 2.05) is 24.0 Å². The molecule has 9 atom stereocenters. The lowest BCUT2D eigenvalue weighted by molar-refractivity contribution is 0.0971. The summed E-state index contributed by atoms with van der Waals surface area (Å²) in [5.41, 5.74) is 2.73. The Labute approximate surface area is 852 Å². The van der Waals surface area contributed by atoms with Gasteiger partial charge in [-0.25, -0.2) is 89.3 Å². The predicted molar refractivity (Wildman–Crippen MR) is 530 cm³/mol. The summed E-state index contributed by atoms with van der Waals surface area (Å²) in [5, 5.41) is 16.2. The number of amides is 4. The number of sulfonamides is 1. The van der Waals surface area contributed by atoms with Gasteiger partial charge in [-0.15, -0.1) is 0 Å². The number of halogens is 10. The van der Waals surface area contributed by atoms with E-state index in [9.17, 15) is 88.0 Å². The maximum absolute atomic E-state index is 16.1. The molecular weight excluding hydrogens is 2050 g/mol.